The number of hydrogen-bond donors (Lipinski definition) is 0. The predicted molar refractivity (Wildman–Crippen MR) is 66.3 cm³/mol. The zero-order valence-electron chi connectivity index (χ0n) is 9.88. The van der Waals surface area contributed by atoms with Gasteiger partial charge in [-0.1, -0.05) is 26.0 Å². The molecule has 2 aromatic rings. The Bertz CT molecular complexity index is 465. The Morgan fingerprint density at radius 1 is 1.20 bits per heavy atom. The van der Waals surface area contributed by atoms with E-state index in [2.05, 4.69) is 35.8 Å². The minimum absolute atomic E-state index is 1.21. The maximum atomic E-state index is 2.46. The van der Waals surface area contributed by atoms with Crippen LogP contribution in [0.15, 0.2) is 24.3 Å². The fourth-order valence-corrected chi connectivity index (χ4v) is 2.38. The van der Waals surface area contributed by atoms with Crippen LogP contribution in [0.25, 0.3) is 10.9 Å². The standard InChI is InChI=1S/C12H13N.C2H6/c1-9-4-2-6-12-11(9)8-10-5-3-7-13(10)12;1-2/h2,4,6,8H,3,5,7H2,1H3;1-2H3. The summed E-state index contributed by atoms with van der Waals surface area (Å²) in [5, 5.41) is 1.44. The molecule has 0 spiro atoms. The van der Waals surface area contributed by atoms with Crippen LogP contribution in [-0.2, 0) is 13.0 Å². The van der Waals surface area contributed by atoms with Gasteiger partial charge >= 0.3 is 0 Å². The number of hydrogen-bond acceptors (Lipinski definition) is 0. The summed E-state index contributed by atoms with van der Waals surface area (Å²) in [6, 6.07) is 8.94. The van der Waals surface area contributed by atoms with Crippen LogP contribution in [0.3, 0.4) is 0 Å². The first-order valence-electron chi connectivity index (χ1n) is 5.94. The molecule has 0 fully saturated rings. The number of aromatic nitrogens is 1. The lowest BCUT2D eigenvalue weighted by Crippen LogP contribution is -1.90. The predicted octanol–water partition coefficient (Wildman–Crippen LogP) is 3.92. The highest BCUT2D eigenvalue weighted by molar-refractivity contribution is 5.84. The lowest BCUT2D eigenvalue weighted by Gasteiger charge is -2.00. The van der Waals surface area contributed by atoms with Crippen molar-refractivity contribution < 1.29 is 0 Å². The van der Waals surface area contributed by atoms with Crippen molar-refractivity contribution in [3.05, 3.63) is 35.5 Å². The van der Waals surface area contributed by atoms with E-state index < -0.39 is 0 Å². The van der Waals surface area contributed by atoms with Crippen LogP contribution in [0, 0.1) is 6.92 Å². The summed E-state index contributed by atoms with van der Waals surface area (Å²) in [5.41, 5.74) is 4.34. The average molecular weight is 201 g/mol. The summed E-state index contributed by atoms with van der Waals surface area (Å²) >= 11 is 0. The van der Waals surface area contributed by atoms with Gasteiger partial charge in [-0.15, -0.1) is 0 Å². The van der Waals surface area contributed by atoms with E-state index in [1.165, 1.54) is 41.5 Å². The van der Waals surface area contributed by atoms with Gasteiger partial charge in [-0.05, 0) is 37.5 Å². The molecule has 80 valence electrons. The smallest absolute Gasteiger partial charge is 0.0485 e. The average Bonchev–Trinajstić information content (AvgIpc) is 2.82. The van der Waals surface area contributed by atoms with E-state index in [0.717, 1.165) is 0 Å². The SMILES string of the molecule is CC.Cc1cccc2c1cc1n2CCC1. The van der Waals surface area contributed by atoms with Crippen LogP contribution in [0.5, 0.6) is 0 Å². The van der Waals surface area contributed by atoms with Gasteiger partial charge in [0.15, 0.2) is 0 Å². The van der Waals surface area contributed by atoms with Gasteiger partial charge in [-0.3, -0.25) is 0 Å². The van der Waals surface area contributed by atoms with Gasteiger partial charge in [-0.25, -0.2) is 0 Å². The summed E-state index contributed by atoms with van der Waals surface area (Å²) in [4.78, 5) is 0. The van der Waals surface area contributed by atoms with Gasteiger partial charge in [0.25, 0.3) is 0 Å². The first-order chi connectivity index (χ1) is 7.36. The van der Waals surface area contributed by atoms with E-state index in [4.69, 9.17) is 0 Å². The summed E-state index contributed by atoms with van der Waals surface area (Å²) in [7, 11) is 0. The number of fused-ring (bicyclic) bond motifs is 3. The first-order valence-corrected chi connectivity index (χ1v) is 5.94. The third-order valence-electron chi connectivity index (χ3n) is 3.06. The third kappa shape index (κ3) is 1.56. The van der Waals surface area contributed by atoms with Gasteiger partial charge in [0.05, 0.1) is 0 Å². The van der Waals surface area contributed by atoms with Crippen molar-refractivity contribution in [1.29, 1.82) is 0 Å². The van der Waals surface area contributed by atoms with E-state index >= 15 is 0 Å². The van der Waals surface area contributed by atoms with Crippen LogP contribution in [0.1, 0.15) is 31.5 Å². The second-order valence-corrected chi connectivity index (χ2v) is 3.90. The summed E-state index contributed by atoms with van der Waals surface area (Å²) < 4.78 is 2.46. The zero-order chi connectivity index (χ0) is 10.8. The Balaban J connectivity index is 0.000000404. The Morgan fingerprint density at radius 2 is 2.00 bits per heavy atom. The molecule has 0 N–H and O–H groups in total. The van der Waals surface area contributed by atoms with Crippen LogP contribution in [0.2, 0.25) is 0 Å². The molecule has 0 unspecified atom stereocenters. The minimum atomic E-state index is 1.21. The van der Waals surface area contributed by atoms with Crippen LogP contribution >= 0.6 is 0 Å². The fourth-order valence-electron chi connectivity index (χ4n) is 2.38. The molecule has 0 bridgehead atoms. The van der Waals surface area contributed by atoms with Crippen molar-refractivity contribution in [1.82, 2.24) is 4.57 Å². The fraction of sp³-hybridized carbons (Fsp3) is 0.429. The van der Waals surface area contributed by atoms with Crippen molar-refractivity contribution in [3.63, 3.8) is 0 Å². The molecule has 0 radical (unpaired) electrons. The van der Waals surface area contributed by atoms with E-state index in [0.29, 0.717) is 0 Å². The largest absolute Gasteiger partial charge is 0.345 e. The van der Waals surface area contributed by atoms with Crippen molar-refractivity contribution in [2.24, 2.45) is 0 Å². The second kappa shape index (κ2) is 4.09. The van der Waals surface area contributed by atoms with Crippen molar-refractivity contribution in [2.75, 3.05) is 0 Å². The Hall–Kier alpha value is -1.24. The highest BCUT2D eigenvalue weighted by Crippen LogP contribution is 2.27. The normalized spacial score (nSPS) is 13.5. The molecule has 1 aliphatic rings. The zero-order valence-corrected chi connectivity index (χ0v) is 9.88. The Kier molecular flexibility index (Phi) is 2.81. The summed E-state index contributed by atoms with van der Waals surface area (Å²) in [5.74, 6) is 0. The third-order valence-corrected chi connectivity index (χ3v) is 3.06. The van der Waals surface area contributed by atoms with Gasteiger partial charge in [0, 0.05) is 23.1 Å². The lowest BCUT2D eigenvalue weighted by atomic mass is 10.1. The van der Waals surface area contributed by atoms with Crippen LogP contribution in [-0.4, -0.2) is 4.57 Å². The first kappa shape index (κ1) is 10.3. The highest BCUT2D eigenvalue weighted by Gasteiger charge is 2.14. The monoisotopic (exact) mass is 201 g/mol. The van der Waals surface area contributed by atoms with Crippen molar-refractivity contribution >= 4 is 10.9 Å². The molecule has 1 heteroatoms. The number of benzene rings is 1. The molecule has 15 heavy (non-hydrogen) atoms. The summed E-state index contributed by atoms with van der Waals surface area (Å²) in [6.45, 7) is 7.40. The van der Waals surface area contributed by atoms with Gasteiger partial charge < -0.3 is 4.57 Å². The molecule has 0 saturated heterocycles. The van der Waals surface area contributed by atoms with Crippen LogP contribution in [0.4, 0.5) is 0 Å². The van der Waals surface area contributed by atoms with Gasteiger partial charge in [0.1, 0.15) is 0 Å². The van der Waals surface area contributed by atoms with E-state index in [1.54, 1.807) is 0 Å². The molecular weight excluding hydrogens is 182 g/mol. The minimum Gasteiger partial charge on any atom is -0.345 e. The molecular formula is C14H19N. The molecule has 1 aliphatic heterocycles. The molecule has 3 rings (SSSR count). The highest BCUT2D eigenvalue weighted by atomic mass is 15.0. The molecule has 1 aromatic heterocycles. The summed E-state index contributed by atoms with van der Waals surface area (Å²) in [6.07, 6.45) is 2.58. The Labute approximate surface area is 91.7 Å². The number of rotatable bonds is 0. The number of nitrogens with zero attached hydrogens (tertiary/aromatic N) is 1. The lowest BCUT2D eigenvalue weighted by molar-refractivity contribution is 0.772. The maximum Gasteiger partial charge on any atom is 0.0485 e. The second-order valence-electron chi connectivity index (χ2n) is 3.90. The quantitative estimate of drug-likeness (QED) is 0.608. The Morgan fingerprint density at radius 3 is 2.80 bits per heavy atom. The molecule has 0 atom stereocenters. The van der Waals surface area contributed by atoms with Gasteiger partial charge in [0.2, 0.25) is 0 Å². The van der Waals surface area contributed by atoms with Gasteiger partial charge in [-0.2, -0.15) is 0 Å². The molecule has 0 saturated carbocycles. The number of aryl methyl sites for hydroxylation is 3. The van der Waals surface area contributed by atoms with E-state index in [9.17, 15) is 0 Å². The maximum absolute atomic E-state index is 2.46. The molecule has 0 amide bonds. The molecule has 0 aliphatic carbocycles. The molecule has 1 aromatic carbocycles. The molecule has 1 nitrogen and oxygen atoms in total. The van der Waals surface area contributed by atoms with Crippen LogP contribution < -0.4 is 0 Å². The van der Waals surface area contributed by atoms with Crippen molar-refractivity contribution in [2.45, 2.75) is 40.2 Å². The topological polar surface area (TPSA) is 4.93 Å². The van der Waals surface area contributed by atoms with Crippen molar-refractivity contribution in [3.8, 4) is 0 Å². The van der Waals surface area contributed by atoms with E-state index in [-0.39, 0.29) is 0 Å². The van der Waals surface area contributed by atoms with E-state index in [1.807, 2.05) is 13.8 Å². The molecule has 2 heterocycles.